The molecule has 1 aromatic carbocycles. The van der Waals surface area contributed by atoms with E-state index in [1.807, 2.05) is 0 Å². The lowest BCUT2D eigenvalue weighted by Gasteiger charge is -2.24. The summed E-state index contributed by atoms with van der Waals surface area (Å²) in [6, 6.07) is 0.817. The van der Waals surface area contributed by atoms with E-state index in [9.17, 15) is 18.8 Å². The number of hydrogen-bond acceptors (Lipinski definition) is 7. The molecule has 3 atom stereocenters. The highest BCUT2D eigenvalue weighted by Crippen LogP contribution is 2.53. The monoisotopic (exact) mass is 523 g/mol. The van der Waals surface area contributed by atoms with Gasteiger partial charge in [0.2, 0.25) is 5.78 Å². The molecule has 8 nitrogen and oxygen atoms in total. The molecule has 2 aliphatic carbocycles. The normalized spacial score (nSPS) is 24.0. The zero-order chi connectivity index (χ0) is 27.1. The highest BCUT2D eigenvalue weighted by Gasteiger charge is 2.56. The quantitative estimate of drug-likeness (QED) is 0.176. The first-order chi connectivity index (χ1) is 17.3. The van der Waals surface area contributed by atoms with E-state index in [1.165, 1.54) is 6.92 Å². The summed E-state index contributed by atoms with van der Waals surface area (Å²) in [4.78, 5) is 39.3. The maximum atomic E-state index is 15.2. The number of ether oxygens (including phenoxy) is 2. The highest BCUT2D eigenvalue weighted by atomic mass is 19.1. The van der Waals surface area contributed by atoms with Crippen molar-refractivity contribution < 1.29 is 37.0 Å². The number of nitrogens with zero attached hydrogens (tertiary/aromatic N) is 1. The minimum atomic E-state index is -1.10. The van der Waals surface area contributed by atoms with Gasteiger partial charge in [0.1, 0.15) is 29.0 Å². The number of amides is 1. The minimum absolute atomic E-state index is 0.0381. The van der Waals surface area contributed by atoms with Crippen molar-refractivity contribution in [2.24, 2.45) is 5.41 Å². The van der Waals surface area contributed by atoms with E-state index < -0.39 is 58.4 Å². The number of halogens is 3. The molecule has 1 heterocycles. The molecule has 0 bridgehead atoms. The lowest BCUT2D eigenvalue weighted by Crippen LogP contribution is -2.44. The van der Waals surface area contributed by atoms with Crippen molar-refractivity contribution in [1.29, 1.82) is 0 Å². The van der Waals surface area contributed by atoms with E-state index in [0.29, 0.717) is 6.54 Å². The molecule has 1 aromatic rings. The van der Waals surface area contributed by atoms with Crippen molar-refractivity contribution in [3.63, 3.8) is 0 Å². The molecule has 3 fully saturated rings. The number of alkyl carbamates (subject to hydrolysis) is 1. The van der Waals surface area contributed by atoms with Crippen LogP contribution >= 0.6 is 0 Å². The molecule has 2 N–H and O–H groups in total. The predicted molar refractivity (Wildman–Crippen MR) is 129 cm³/mol. The second-order valence-electron chi connectivity index (χ2n) is 10.9. The Kier molecular flexibility index (Phi) is 7.18. The molecular formula is C26H32F3N3O5. The van der Waals surface area contributed by atoms with Crippen LogP contribution < -0.4 is 15.5 Å². The third-order valence-corrected chi connectivity index (χ3v) is 6.75. The van der Waals surface area contributed by atoms with Crippen molar-refractivity contribution in [3.8, 4) is 0 Å². The van der Waals surface area contributed by atoms with Gasteiger partial charge in [-0.15, -0.1) is 0 Å². The average molecular weight is 524 g/mol. The maximum absolute atomic E-state index is 15.2. The summed E-state index contributed by atoms with van der Waals surface area (Å²) in [5, 5.41) is 5.47. The number of carbonyl (C=O) groups is 3. The third-order valence-electron chi connectivity index (χ3n) is 6.75. The van der Waals surface area contributed by atoms with Gasteiger partial charge in [-0.3, -0.25) is 4.79 Å². The van der Waals surface area contributed by atoms with Crippen LogP contribution in [-0.4, -0.2) is 61.4 Å². The molecule has 1 amide bonds. The van der Waals surface area contributed by atoms with Crippen molar-refractivity contribution in [2.75, 3.05) is 24.6 Å². The van der Waals surface area contributed by atoms with Gasteiger partial charge in [0.05, 0.1) is 29.9 Å². The Bertz CT molecular complexity index is 1130. The first-order valence-corrected chi connectivity index (χ1v) is 12.4. The molecule has 0 radical (unpaired) electrons. The molecule has 1 spiro atoms. The molecule has 3 aliphatic rings. The number of benzene rings is 1. The standard InChI is InChI=1S/C26H32F3N3O5/c1-5-36-23(34)15(11-30-19-9-17(19)28)22(33)14-8-18(29)20(10-16(14)27)32-12-21(26(13-32)6-7-26)31-24(35)37-25(2,3)4/h8,10-11,17,19,21,30H,5-7,9,12-13H2,1-4H3,(H,31,35)/t17-,19+,21+/m0/s1. The van der Waals surface area contributed by atoms with Gasteiger partial charge in [-0.25, -0.2) is 22.8 Å². The van der Waals surface area contributed by atoms with Crippen LogP contribution in [0.4, 0.5) is 23.7 Å². The van der Waals surface area contributed by atoms with Gasteiger partial charge in [0.15, 0.2) is 0 Å². The average Bonchev–Trinajstić information content (AvgIpc) is 3.68. The minimum Gasteiger partial charge on any atom is -0.462 e. The number of alkyl halides is 1. The maximum Gasteiger partial charge on any atom is 0.407 e. The molecule has 1 saturated heterocycles. The van der Waals surface area contributed by atoms with Gasteiger partial charge in [-0.05, 0) is 46.6 Å². The van der Waals surface area contributed by atoms with E-state index >= 15 is 8.78 Å². The number of Topliss-reactive ketones (excluding diaryl/α,β-unsaturated/α-hetero) is 1. The summed E-state index contributed by atoms with van der Waals surface area (Å²) < 4.78 is 53.8. The Morgan fingerprint density at radius 2 is 1.86 bits per heavy atom. The number of anilines is 1. The Hall–Kier alpha value is -3.24. The molecule has 4 rings (SSSR count). The summed E-state index contributed by atoms with van der Waals surface area (Å²) >= 11 is 0. The zero-order valence-electron chi connectivity index (χ0n) is 21.3. The number of esters is 1. The molecule has 11 heteroatoms. The fourth-order valence-corrected chi connectivity index (χ4v) is 4.52. The summed E-state index contributed by atoms with van der Waals surface area (Å²) in [6.07, 6.45) is 1.19. The second kappa shape index (κ2) is 9.90. The van der Waals surface area contributed by atoms with E-state index in [-0.39, 0.29) is 36.7 Å². The lowest BCUT2D eigenvalue weighted by molar-refractivity contribution is -0.138. The first kappa shape index (κ1) is 26.8. The molecule has 0 unspecified atom stereocenters. The fraction of sp³-hybridized carbons (Fsp3) is 0.577. The van der Waals surface area contributed by atoms with Gasteiger partial charge < -0.3 is 25.0 Å². The Labute approximate surface area is 213 Å². The van der Waals surface area contributed by atoms with Gasteiger partial charge in [-0.2, -0.15) is 0 Å². The van der Waals surface area contributed by atoms with Crippen molar-refractivity contribution in [2.45, 2.75) is 70.8 Å². The first-order valence-electron chi connectivity index (χ1n) is 12.4. The van der Waals surface area contributed by atoms with Crippen LogP contribution in [0.25, 0.3) is 0 Å². The van der Waals surface area contributed by atoms with Crippen LogP contribution in [0.2, 0.25) is 0 Å². The Balaban J connectivity index is 1.53. The number of rotatable bonds is 8. The Morgan fingerprint density at radius 3 is 2.43 bits per heavy atom. The number of ketones is 1. The third kappa shape index (κ3) is 6.02. The SMILES string of the molecule is CCOC(=O)C(=CN[C@@H]1C[C@@H]1F)C(=O)c1cc(F)c(N2C[C@@H](NC(=O)OC(C)(C)C)C3(CC3)C2)cc1F. The van der Waals surface area contributed by atoms with Gasteiger partial charge >= 0.3 is 12.1 Å². The van der Waals surface area contributed by atoms with Gasteiger partial charge in [-0.1, -0.05) is 0 Å². The predicted octanol–water partition coefficient (Wildman–Crippen LogP) is 3.79. The second-order valence-corrected chi connectivity index (χ2v) is 10.9. The van der Waals surface area contributed by atoms with E-state index in [4.69, 9.17) is 9.47 Å². The van der Waals surface area contributed by atoms with Crippen molar-refractivity contribution >= 4 is 23.5 Å². The zero-order valence-corrected chi connectivity index (χ0v) is 21.3. The van der Waals surface area contributed by atoms with Crippen LogP contribution in [0.5, 0.6) is 0 Å². The number of carbonyl (C=O) groups excluding carboxylic acids is 3. The number of nitrogens with one attached hydrogen (secondary N) is 2. The number of hydrogen-bond donors (Lipinski definition) is 2. The summed E-state index contributed by atoms with van der Waals surface area (Å²) in [7, 11) is 0. The molecule has 0 aromatic heterocycles. The molecule has 1 aliphatic heterocycles. The van der Waals surface area contributed by atoms with E-state index in [2.05, 4.69) is 10.6 Å². The van der Waals surface area contributed by atoms with Crippen LogP contribution in [0.3, 0.4) is 0 Å². The summed E-state index contributed by atoms with van der Waals surface area (Å²) in [6.45, 7) is 7.41. The molecule has 202 valence electrons. The largest absolute Gasteiger partial charge is 0.462 e. The van der Waals surface area contributed by atoms with Crippen molar-refractivity contribution in [1.82, 2.24) is 10.6 Å². The highest BCUT2D eigenvalue weighted by molar-refractivity contribution is 6.24. The van der Waals surface area contributed by atoms with Gasteiger partial charge in [0.25, 0.3) is 0 Å². The molecule has 37 heavy (non-hydrogen) atoms. The summed E-state index contributed by atoms with van der Waals surface area (Å²) in [5.74, 6) is -3.96. The molecular weight excluding hydrogens is 491 g/mol. The Morgan fingerprint density at radius 1 is 1.19 bits per heavy atom. The summed E-state index contributed by atoms with van der Waals surface area (Å²) in [5.41, 5.74) is -2.16. The van der Waals surface area contributed by atoms with E-state index in [0.717, 1.165) is 31.2 Å². The lowest BCUT2D eigenvalue weighted by atomic mass is 10.0. The van der Waals surface area contributed by atoms with Crippen LogP contribution in [0, 0.1) is 17.0 Å². The van der Waals surface area contributed by atoms with Crippen LogP contribution in [0.15, 0.2) is 23.9 Å². The van der Waals surface area contributed by atoms with E-state index in [1.54, 1.807) is 25.7 Å². The van der Waals surface area contributed by atoms with Crippen LogP contribution in [-0.2, 0) is 14.3 Å². The topological polar surface area (TPSA) is 97.0 Å². The van der Waals surface area contributed by atoms with Crippen LogP contribution in [0.1, 0.15) is 57.3 Å². The fourth-order valence-electron chi connectivity index (χ4n) is 4.52. The van der Waals surface area contributed by atoms with Crippen molar-refractivity contribution in [3.05, 3.63) is 41.1 Å². The van der Waals surface area contributed by atoms with Gasteiger partial charge in [0, 0.05) is 37.2 Å². The smallest absolute Gasteiger partial charge is 0.407 e. The molecule has 2 saturated carbocycles.